The van der Waals surface area contributed by atoms with Crippen LogP contribution in [0.4, 0.5) is 0 Å². The summed E-state index contributed by atoms with van der Waals surface area (Å²) in [7, 11) is 0. The van der Waals surface area contributed by atoms with Crippen LogP contribution in [0.1, 0.15) is 44.5 Å². The summed E-state index contributed by atoms with van der Waals surface area (Å²) >= 11 is 0. The average molecular weight is 234 g/mol. The fraction of sp³-hybridized carbons (Fsp3) is 0.533. The molecule has 0 amide bonds. The zero-order chi connectivity index (χ0) is 12.8. The van der Waals surface area contributed by atoms with Crippen molar-refractivity contribution in [1.29, 1.82) is 0 Å². The van der Waals surface area contributed by atoms with E-state index >= 15 is 0 Å². The van der Waals surface area contributed by atoms with Crippen molar-refractivity contribution in [3.8, 4) is 5.75 Å². The van der Waals surface area contributed by atoms with Crippen molar-refractivity contribution in [2.75, 3.05) is 6.61 Å². The normalized spacial score (nSPS) is 12.5. The fourth-order valence-corrected chi connectivity index (χ4v) is 1.50. The Balaban J connectivity index is 2.70. The van der Waals surface area contributed by atoms with E-state index in [1.165, 1.54) is 0 Å². The van der Waals surface area contributed by atoms with Gasteiger partial charge in [-0.05, 0) is 36.6 Å². The summed E-state index contributed by atoms with van der Waals surface area (Å²) in [4.78, 5) is 12.1. The molecule has 0 fully saturated rings. The van der Waals surface area contributed by atoms with Crippen molar-refractivity contribution < 1.29 is 9.53 Å². The SMILES string of the molecule is CCCOc1ccc(C(=O)C(C)C(C)C)cc1. The van der Waals surface area contributed by atoms with E-state index in [9.17, 15) is 4.79 Å². The topological polar surface area (TPSA) is 26.3 Å². The first-order valence-corrected chi connectivity index (χ1v) is 6.33. The van der Waals surface area contributed by atoms with Gasteiger partial charge in [-0.3, -0.25) is 4.79 Å². The van der Waals surface area contributed by atoms with Crippen molar-refractivity contribution in [3.63, 3.8) is 0 Å². The van der Waals surface area contributed by atoms with Crippen LogP contribution in [0, 0.1) is 11.8 Å². The summed E-state index contributed by atoms with van der Waals surface area (Å²) < 4.78 is 5.49. The maximum absolute atomic E-state index is 12.1. The van der Waals surface area contributed by atoms with Gasteiger partial charge in [0.15, 0.2) is 5.78 Å². The molecule has 1 rings (SSSR count). The maximum Gasteiger partial charge on any atom is 0.165 e. The first-order chi connectivity index (χ1) is 8.06. The molecular formula is C15H22O2. The highest BCUT2D eigenvalue weighted by atomic mass is 16.5. The van der Waals surface area contributed by atoms with Gasteiger partial charge in [0.1, 0.15) is 5.75 Å². The number of benzene rings is 1. The molecule has 0 aliphatic carbocycles. The predicted molar refractivity (Wildman–Crippen MR) is 70.6 cm³/mol. The summed E-state index contributed by atoms with van der Waals surface area (Å²) in [5.41, 5.74) is 0.773. The highest BCUT2D eigenvalue weighted by Gasteiger charge is 2.18. The number of ether oxygens (including phenoxy) is 1. The molecule has 0 saturated heterocycles. The molecule has 1 aromatic rings. The molecule has 0 bridgehead atoms. The van der Waals surface area contributed by atoms with E-state index in [4.69, 9.17) is 4.74 Å². The lowest BCUT2D eigenvalue weighted by atomic mass is 9.90. The van der Waals surface area contributed by atoms with E-state index in [0.717, 1.165) is 24.3 Å². The highest BCUT2D eigenvalue weighted by Crippen LogP contribution is 2.19. The Morgan fingerprint density at radius 3 is 2.24 bits per heavy atom. The van der Waals surface area contributed by atoms with E-state index < -0.39 is 0 Å². The number of rotatable bonds is 6. The Kier molecular flexibility index (Phi) is 5.20. The molecular weight excluding hydrogens is 212 g/mol. The smallest absolute Gasteiger partial charge is 0.165 e. The van der Waals surface area contributed by atoms with Gasteiger partial charge in [-0.1, -0.05) is 27.7 Å². The van der Waals surface area contributed by atoms with E-state index in [0.29, 0.717) is 5.92 Å². The van der Waals surface area contributed by atoms with Gasteiger partial charge in [0.05, 0.1) is 6.61 Å². The van der Waals surface area contributed by atoms with Crippen LogP contribution >= 0.6 is 0 Å². The number of hydrogen-bond donors (Lipinski definition) is 0. The highest BCUT2D eigenvalue weighted by molar-refractivity contribution is 5.97. The number of hydrogen-bond acceptors (Lipinski definition) is 2. The Labute approximate surface area is 104 Å². The predicted octanol–water partition coefficient (Wildman–Crippen LogP) is 3.95. The second-order valence-corrected chi connectivity index (χ2v) is 4.77. The van der Waals surface area contributed by atoms with Crippen LogP contribution in [0.3, 0.4) is 0 Å². The van der Waals surface area contributed by atoms with Crippen molar-refractivity contribution in [1.82, 2.24) is 0 Å². The minimum Gasteiger partial charge on any atom is -0.494 e. The van der Waals surface area contributed by atoms with E-state index in [1.54, 1.807) is 0 Å². The van der Waals surface area contributed by atoms with Gasteiger partial charge >= 0.3 is 0 Å². The van der Waals surface area contributed by atoms with Gasteiger partial charge in [0, 0.05) is 11.5 Å². The molecule has 17 heavy (non-hydrogen) atoms. The quantitative estimate of drug-likeness (QED) is 0.697. The molecule has 0 N–H and O–H groups in total. The molecule has 0 aliphatic rings. The third-order valence-corrected chi connectivity index (χ3v) is 3.03. The van der Waals surface area contributed by atoms with Crippen LogP contribution in [0.15, 0.2) is 24.3 Å². The third kappa shape index (κ3) is 3.88. The second-order valence-electron chi connectivity index (χ2n) is 4.77. The fourth-order valence-electron chi connectivity index (χ4n) is 1.50. The van der Waals surface area contributed by atoms with Crippen LogP contribution in [-0.4, -0.2) is 12.4 Å². The molecule has 0 aliphatic heterocycles. The van der Waals surface area contributed by atoms with Crippen LogP contribution in [-0.2, 0) is 0 Å². The largest absolute Gasteiger partial charge is 0.494 e. The summed E-state index contributed by atoms with van der Waals surface area (Å²) in [5, 5.41) is 0. The molecule has 94 valence electrons. The van der Waals surface area contributed by atoms with Crippen LogP contribution in [0.25, 0.3) is 0 Å². The standard InChI is InChI=1S/C15H22O2/c1-5-10-17-14-8-6-13(7-9-14)15(16)12(4)11(2)3/h6-9,11-12H,5,10H2,1-4H3. The lowest BCUT2D eigenvalue weighted by Gasteiger charge is -2.14. The first-order valence-electron chi connectivity index (χ1n) is 6.33. The van der Waals surface area contributed by atoms with E-state index in [2.05, 4.69) is 20.8 Å². The summed E-state index contributed by atoms with van der Waals surface area (Å²) in [5.74, 6) is 1.48. The minimum atomic E-state index is 0.0670. The second kappa shape index (κ2) is 6.43. The summed E-state index contributed by atoms with van der Waals surface area (Å²) in [6.07, 6.45) is 0.991. The molecule has 1 unspecified atom stereocenters. The number of Topliss-reactive ketones (excluding diaryl/α,β-unsaturated/α-hetero) is 1. The van der Waals surface area contributed by atoms with Gasteiger partial charge in [-0.2, -0.15) is 0 Å². The first kappa shape index (κ1) is 13.8. The Bertz CT molecular complexity index is 352. The summed E-state index contributed by atoms with van der Waals surface area (Å²) in [6.45, 7) is 8.91. The average Bonchev–Trinajstić information content (AvgIpc) is 2.35. The lowest BCUT2D eigenvalue weighted by molar-refractivity contribution is 0.0899. The molecule has 2 heteroatoms. The van der Waals surface area contributed by atoms with Crippen LogP contribution in [0.2, 0.25) is 0 Å². The van der Waals surface area contributed by atoms with Gasteiger partial charge < -0.3 is 4.74 Å². The molecule has 1 atom stereocenters. The molecule has 0 heterocycles. The molecule has 0 spiro atoms. The van der Waals surface area contributed by atoms with Crippen LogP contribution in [0.5, 0.6) is 5.75 Å². The molecule has 0 saturated carbocycles. The molecule has 0 radical (unpaired) electrons. The zero-order valence-electron chi connectivity index (χ0n) is 11.2. The Hall–Kier alpha value is -1.31. The number of carbonyl (C=O) groups excluding carboxylic acids is 1. The summed E-state index contributed by atoms with van der Waals surface area (Å²) in [6, 6.07) is 7.45. The van der Waals surface area contributed by atoms with Gasteiger partial charge in [0.25, 0.3) is 0 Å². The molecule has 1 aromatic carbocycles. The molecule has 2 nitrogen and oxygen atoms in total. The van der Waals surface area contributed by atoms with Crippen molar-refractivity contribution in [3.05, 3.63) is 29.8 Å². The van der Waals surface area contributed by atoms with Crippen molar-refractivity contribution in [2.45, 2.75) is 34.1 Å². The van der Waals surface area contributed by atoms with Crippen molar-refractivity contribution >= 4 is 5.78 Å². The van der Waals surface area contributed by atoms with Gasteiger partial charge in [0.2, 0.25) is 0 Å². The number of carbonyl (C=O) groups is 1. The third-order valence-electron chi connectivity index (χ3n) is 3.03. The lowest BCUT2D eigenvalue weighted by Crippen LogP contribution is -2.16. The zero-order valence-corrected chi connectivity index (χ0v) is 11.2. The Morgan fingerprint density at radius 1 is 1.18 bits per heavy atom. The van der Waals surface area contributed by atoms with E-state index in [1.807, 2.05) is 31.2 Å². The monoisotopic (exact) mass is 234 g/mol. The number of ketones is 1. The minimum absolute atomic E-state index is 0.0670. The Morgan fingerprint density at radius 2 is 1.76 bits per heavy atom. The van der Waals surface area contributed by atoms with Crippen molar-refractivity contribution in [2.24, 2.45) is 11.8 Å². The van der Waals surface area contributed by atoms with E-state index in [-0.39, 0.29) is 11.7 Å². The molecule has 0 aromatic heterocycles. The van der Waals surface area contributed by atoms with Crippen LogP contribution < -0.4 is 4.74 Å². The maximum atomic E-state index is 12.1. The van der Waals surface area contributed by atoms with Gasteiger partial charge in [-0.25, -0.2) is 0 Å². The van der Waals surface area contributed by atoms with Gasteiger partial charge in [-0.15, -0.1) is 0 Å².